The van der Waals surface area contributed by atoms with Crippen LogP contribution >= 0.6 is 0 Å². The summed E-state index contributed by atoms with van der Waals surface area (Å²) in [6, 6.07) is -4.96. The van der Waals surface area contributed by atoms with E-state index in [4.69, 9.17) is 52.1 Å². The van der Waals surface area contributed by atoms with Gasteiger partial charge in [0.2, 0.25) is 17.7 Å². The highest BCUT2D eigenvalue weighted by Crippen LogP contribution is 2.36. The molecule has 0 saturated carbocycles. The molecular weight excluding hydrogens is 1030 g/mol. The van der Waals surface area contributed by atoms with Crippen molar-refractivity contribution in [1.82, 2.24) is 16.0 Å². The van der Waals surface area contributed by atoms with Crippen molar-refractivity contribution < 1.29 is 148 Å². The summed E-state index contributed by atoms with van der Waals surface area (Å²) in [5.74, 6) is -2.35. The van der Waals surface area contributed by atoms with E-state index in [-0.39, 0.29) is 0 Å². The number of carbonyl (C=O) groups excluding carboxylic acids is 3. The van der Waals surface area contributed by atoms with Crippen molar-refractivity contribution >= 4 is 17.7 Å². The molecule has 6 fully saturated rings. The Kier molecular flexibility index (Phi) is 21.8. The zero-order valence-corrected chi connectivity index (χ0v) is 40.7. The summed E-state index contributed by atoms with van der Waals surface area (Å²) >= 11 is 0. The Labute approximate surface area is 426 Å². The first kappa shape index (κ1) is 61.5. The number of nitrogens with one attached hydrogen (secondary N) is 3. The summed E-state index contributed by atoms with van der Waals surface area (Å²) < 4.78 is 63.8. The molecule has 6 aliphatic heterocycles. The SMILES string of the molecule is CC(=O)N[C@@H]1[C@@H](O)[C@H](O[C@@H]2O[C@H](CO[C@@H]3O[C@H](CO)[C@@H](O[C@@H]4O[C@H](CO)[C@H](O)[C@H](O)[C@H]4O[C@@H]4O[C@@H](C)[C@@H](O)[C@@H](O)[C@@H]4O)[C@H](O)[C@H]3NC(C)=O)[C@H](O)[C@H](O[C@@H]3O[C@H](CO)[C@@H](O)[C@H](O)[C@H]3NC(C)=O)[C@H]2O)[C@@H](CO)O[C@H]1O. The number of amides is 3. The number of rotatable bonds is 18. The van der Waals surface area contributed by atoms with Gasteiger partial charge >= 0.3 is 0 Å². The maximum absolute atomic E-state index is 12.7. The first-order valence-electron chi connectivity index (χ1n) is 23.9. The van der Waals surface area contributed by atoms with Crippen molar-refractivity contribution in [2.75, 3.05) is 33.0 Å². The number of aliphatic hydroxyl groups excluding tert-OH is 16. The van der Waals surface area contributed by atoms with E-state index in [0.29, 0.717) is 0 Å². The third-order valence-corrected chi connectivity index (χ3v) is 13.6. The molecule has 33 nitrogen and oxygen atoms in total. The number of aliphatic hydroxyl groups is 16. The lowest BCUT2D eigenvalue weighted by atomic mass is 9.94. The minimum atomic E-state index is -2.20. The zero-order valence-electron chi connectivity index (χ0n) is 40.7. The lowest BCUT2D eigenvalue weighted by molar-refractivity contribution is -0.385. The van der Waals surface area contributed by atoms with Crippen molar-refractivity contribution in [2.24, 2.45) is 0 Å². The Balaban J connectivity index is 1.28. The fourth-order valence-electron chi connectivity index (χ4n) is 9.55. The topological polar surface area (TPSA) is 513 Å². The molecule has 33 heteroatoms. The third kappa shape index (κ3) is 13.7. The molecule has 0 unspecified atom stereocenters. The Morgan fingerprint density at radius 3 is 1.36 bits per heavy atom. The standard InChI is InChI=1S/C42H71N3O30/c1-10-22(53)29(60)31(62)40(66-10)75-36-30(61)24(55)15(6-47)69-42(36)73-34-17(8-49)70-38(21(28(34)59)45-13(4)52)65-9-18-25(56)35(74-39-20(44-12(3)51)26(57)23(54)14(5-46)68-39)32(63)41(71-18)72-33-16(7-48)67-37(64)19(27(33)58)43-11(2)50/h10,14-42,46-49,53-64H,5-9H2,1-4H3,(H,43,50)(H,44,51)(H,45,52)/t10-,14+,15+,16+,17+,18+,19+,20+,21+,22+,23+,24-,25-,26+,27+,28+,29+,30-,31-,32+,33+,34+,35-,36+,37+,38+,39-,40-,41-,42-/m0/s1. The van der Waals surface area contributed by atoms with Gasteiger partial charge in [-0.05, 0) is 6.92 Å². The van der Waals surface area contributed by atoms with Crippen LogP contribution in [0.5, 0.6) is 0 Å². The molecule has 0 aromatic heterocycles. The molecule has 75 heavy (non-hydrogen) atoms. The Bertz CT molecular complexity index is 1850. The smallest absolute Gasteiger partial charge is 0.217 e. The highest BCUT2D eigenvalue weighted by molar-refractivity contribution is 5.74. The normalized spacial score (nSPS) is 48.6. The van der Waals surface area contributed by atoms with Crippen molar-refractivity contribution in [3.8, 4) is 0 Å². The molecule has 0 aromatic carbocycles. The van der Waals surface area contributed by atoms with E-state index >= 15 is 0 Å². The molecule has 30 atom stereocenters. The lowest BCUT2D eigenvalue weighted by Gasteiger charge is -2.50. The first-order chi connectivity index (χ1) is 35.4. The van der Waals surface area contributed by atoms with Crippen LogP contribution in [-0.2, 0) is 66.5 Å². The van der Waals surface area contributed by atoms with Crippen molar-refractivity contribution in [2.45, 2.75) is 212 Å². The second-order valence-corrected chi connectivity index (χ2v) is 19.0. The van der Waals surface area contributed by atoms with Crippen LogP contribution in [0.25, 0.3) is 0 Å². The molecule has 6 rings (SSSR count). The van der Waals surface area contributed by atoms with Crippen LogP contribution in [0.1, 0.15) is 27.7 Å². The van der Waals surface area contributed by atoms with E-state index in [0.717, 1.165) is 20.8 Å². The highest BCUT2D eigenvalue weighted by atomic mass is 16.8. The largest absolute Gasteiger partial charge is 0.394 e. The second-order valence-electron chi connectivity index (χ2n) is 19.0. The predicted octanol–water partition coefficient (Wildman–Crippen LogP) is -12.6. The van der Waals surface area contributed by atoms with Gasteiger partial charge in [-0.1, -0.05) is 0 Å². The average molecular weight is 1100 g/mol. The van der Waals surface area contributed by atoms with Gasteiger partial charge in [0.15, 0.2) is 37.7 Å². The minimum Gasteiger partial charge on any atom is -0.394 e. The molecule has 0 spiro atoms. The maximum Gasteiger partial charge on any atom is 0.217 e. The summed E-state index contributed by atoms with van der Waals surface area (Å²) in [5, 5.41) is 180. The van der Waals surface area contributed by atoms with Crippen LogP contribution < -0.4 is 16.0 Å². The van der Waals surface area contributed by atoms with E-state index in [2.05, 4.69) is 16.0 Å². The van der Waals surface area contributed by atoms with Gasteiger partial charge in [0.05, 0.1) is 39.1 Å². The molecule has 6 saturated heterocycles. The van der Waals surface area contributed by atoms with Gasteiger partial charge in [0.1, 0.15) is 140 Å². The van der Waals surface area contributed by atoms with Crippen LogP contribution in [-0.4, -0.2) is 317 Å². The van der Waals surface area contributed by atoms with E-state index < -0.39 is 235 Å². The van der Waals surface area contributed by atoms with Gasteiger partial charge in [-0.15, -0.1) is 0 Å². The summed E-state index contributed by atoms with van der Waals surface area (Å²) in [6.07, 6.45) is -49.6. The number of carbonyl (C=O) groups is 3. The van der Waals surface area contributed by atoms with E-state index in [1.807, 2.05) is 0 Å². The van der Waals surface area contributed by atoms with Crippen LogP contribution in [0.2, 0.25) is 0 Å². The van der Waals surface area contributed by atoms with Gasteiger partial charge in [-0.25, -0.2) is 0 Å². The molecule has 434 valence electrons. The fourth-order valence-corrected chi connectivity index (χ4v) is 9.55. The summed E-state index contributed by atoms with van der Waals surface area (Å²) in [5.41, 5.74) is 0. The van der Waals surface area contributed by atoms with Crippen molar-refractivity contribution in [3.63, 3.8) is 0 Å². The van der Waals surface area contributed by atoms with Crippen LogP contribution in [0.3, 0.4) is 0 Å². The predicted molar refractivity (Wildman–Crippen MR) is 233 cm³/mol. The molecule has 6 aliphatic rings. The van der Waals surface area contributed by atoms with Gasteiger partial charge in [0, 0.05) is 20.8 Å². The molecule has 19 N–H and O–H groups in total. The maximum atomic E-state index is 12.7. The summed E-state index contributed by atoms with van der Waals surface area (Å²) in [4.78, 5) is 36.9. The van der Waals surface area contributed by atoms with Crippen LogP contribution in [0.4, 0.5) is 0 Å². The zero-order chi connectivity index (χ0) is 55.5. The van der Waals surface area contributed by atoms with Gasteiger partial charge in [0.25, 0.3) is 0 Å². The molecule has 0 aromatic rings. The molecule has 6 heterocycles. The van der Waals surface area contributed by atoms with Crippen LogP contribution in [0.15, 0.2) is 0 Å². The molecular formula is C42H71N3O30. The molecule has 0 bridgehead atoms. The fraction of sp³-hybridized carbons (Fsp3) is 0.929. The Hall–Kier alpha value is -2.67. The first-order valence-corrected chi connectivity index (χ1v) is 23.9. The van der Waals surface area contributed by atoms with Gasteiger partial charge < -0.3 is 150 Å². The minimum absolute atomic E-state index is 0.743. The van der Waals surface area contributed by atoms with E-state index in [9.17, 15) is 96.1 Å². The number of ether oxygens (including phenoxy) is 11. The monoisotopic (exact) mass is 1100 g/mol. The summed E-state index contributed by atoms with van der Waals surface area (Å²) in [7, 11) is 0. The van der Waals surface area contributed by atoms with Gasteiger partial charge in [-0.2, -0.15) is 0 Å². The molecule has 0 radical (unpaired) electrons. The van der Waals surface area contributed by atoms with Gasteiger partial charge in [-0.3, -0.25) is 14.4 Å². The second kappa shape index (κ2) is 26.5. The van der Waals surface area contributed by atoms with Crippen molar-refractivity contribution in [3.05, 3.63) is 0 Å². The summed E-state index contributed by atoms with van der Waals surface area (Å²) in [6.45, 7) is -0.281. The molecule has 0 aliphatic carbocycles. The third-order valence-electron chi connectivity index (χ3n) is 13.6. The van der Waals surface area contributed by atoms with E-state index in [1.54, 1.807) is 0 Å². The van der Waals surface area contributed by atoms with E-state index in [1.165, 1.54) is 6.92 Å². The quantitative estimate of drug-likeness (QED) is 0.0606. The number of hydrogen-bond acceptors (Lipinski definition) is 30. The van der Waals surface area contributed by atoms with Crippen LogP contribution in [0, 0.1) is 0 Å². The Morgan fingerprint density at radius 2 is 0.800 bits per heavy atom. The lowest BCUT2D eigenvalue weighted by Crippen LogP contribution is -2.70. The Morgan fingerprint density at radius 1 is 0.373 bits per heavy atom. The highest BCUT2D eigenvalue weighted by Gasteiger charge is 2.57. The average Bonchev–Trinajstić information content (AvgIpc) is 3.36. The van der Waals surface area contributed by atoms with Crippen molar-refractivity contribution in [1.29, 1.82) is 0 Å². The molecule has 3 amide bonds. The number of hydrogen-bond donors (Lipinski definition) is 19.